The van der Waals surface area contributed by atoms with Gasteiger partial charge in [-0.15, -0.1) is 11.3 Å². The number of likely N-dealkylation sites (tertiary alicyclic amines) is 1. The summed E-state index contributed by atoms with van der Waals surface area (Å²) in [6.45, 7) is 6.12. The second-order valence-corrected chi connectivity index (χ2v) is 8.77. The van der Waals surface area contributed by atoms with Gasteiger partial charge < -0.3 is 10.0 Å². The van der Waals surface area contributed by atoms with Gasteiger partial charge >= 0.3 is 0 Å². The van der Waals surface area contributed by atoms with Gasteiger partial charge in [0, 0.05) is 10.4 Å². The van der Waals surface area contributed by atoms with Gasteiger partial charge in [-0.2, -0.15) is 0 Å². The molecule has 0 spiro atoms. The first kappa shape index (κ1) is 20.1. The molecule has 1 amide bonds. The van der Waals surface area contributed by atoms with Crippen molar-refractivity contribution in [2.75, 3.05) is 0 Å². The third kappa shape index (κ3) is 3.57. The summed E-state index contributed by atoms with van der Waals surface area (Å²) in [7, 11) is 0. The quantitative estimate of drug-likeness (QED) is 0.356. The van der Waals surface area contributed by atoms with E-state index in [1.54, 1.807) is 16.2 Å². The summed E-state index contributed by atoms with van der Waals surface area (Å²) in [5, 5.41) is 13.2. The van der Waals surface area contributed by atoms with E-state index in [9.17, 15) is 14.7 Å². The third-order valence-electron chi connectivity index (χ3n) is 5.45. The number of aryl methyl sites for hydroxylation is 3. The Morgan fingerprint density at radius 3 is 2.47 bits per heavy atom. The molecule has 1 atom stereocenters. The molecule has 1 fully saturated rings. The number of hydrogen-bond donors (Lipinski definition) is 1. The molecule has 5 heteroatoms. The van der Waals surface area contributed by atoms with Crippen LogP contribution < -0.4 is 0 Å². The number of benzene rings is 2. The van der Waals surface area contributed by atoms with E-state index < -0.39 is 17.7 Å². The molecule has 1 N–H and O–H groups in total. The molecule has 4 nitrogen and oxygen atoms in total. The van der Waals surface area contributed by atoms with Gasteiger partial charge in [0.1, 0.15) is 5.76 Å². The summed E-state index contributed by atoms with van der Waals surface area (Å²) in [6, 6.07) is 16.7. The van der Waals surface area contributed by atoms with Crippen molar-refractivity contribution in [3.8, 4) is 0 Å². The molecule has 2 heterocycles. The Labute approximate surface area is 180 Å². The molecule has 30 heavy (non-hydrogen) atoms. The maximum absolute atomic E-state index is 13.1. The summed E-state index contributed by atoms with van der Waals surface area (Å²) in [6.07, 6.45) is 0. The highest BCUT2D eigenvalue weighted by atomic mass is 32.1. The molecule has 3 aromatic rings. The smallest absolute Gasteiger partial charge is 0.295 e. The number of Topliss-reactive ketones (excluding diaryl/α,β-unsaturated/α-hetero) is 1. The zero-order valence-electron chi connectivity index (χ0n) is 17.2. The van der Waals surface area contributed by atoms with Crippen LogP contribution in [0.2, 0.25) is 0 Å². The molecule has 1 aliphatic heterocycles. The van der Waals surface area contributed by atoms with E-state index in [2.05, 4.69) is 0 Å². The molecule has 0 bridgehead atoms. The molecular formula is C25H23NO3S. The fourth-order valence-corrected chi connectivity index (χ4v) is 4.64. The number of hydrogen-bond acceptors (Lipinski definition) is 4. The molecule has 1 saturated heterocycles. The lowest BCUT2D eigenvalue weighted by Crippen LogP contribution is -2.28. The lowest BCUT2D eigenvalue weighted by molar-refractivity contribution is -0.140. The van der Waals surface area contributed by atoms with Crippen LogP contribution in [0.1, 0.15) is 38.7 Å². The van der Waals surface area contributed by atoms with Crippen LogP contribution in [0.25, 0.3) is 5.76 Å². The van der Waals surface area contributed by atoms with Gasteiger partial charge in [0.15, 0.2) is 0 Å². The molecule has 1 aromatic heterocycles. The van der Waals surface area contributed by atoms with E-state index in [1.165, 1.54) is 0 Å². The molecule has 4 rings (SSSR count). The minimum atomic E-state index is -0.642. The summed E-state index contributed by atoms with van der Waals surface area (Å²) < 4.78 is 0. The van der Waals surface area contributed by atoms with E-state index in [0.29, 0.717) is 12.1 Å². The second kappa shape index (κ2) is 7.92. The maximum Gasteiger partial charge on any atom is 0.295 e. The van der Waals surface area contributed by atoms with Crippen LogP contribution >= 0.6 is 11.3 Å². The number of amides is 1. The first-order valence-corrected chi connectivity index (χ1v) is 10.7. The highest BCUT2D eigenvalue weighted by molar-refractivity contribution is 7.09. The largest absolute Gasteiger partial charge is 0.507 e. The number of nitrogens with zero attached hydrogens (tertiary/aromatic N) is 1. The number of carbonyl (C=O) groups is 2. The fraction of sp³-hybridized carbons (Fsp3) is 0.200. The van der Waals surface area contributed by atoms with E-state index in [4.69, 9.17) is 0 Å². The highest BCUT2D eigenvalue weighted by Gasteiger charge is 2.46. The summed E-state index contributed by atoms with van der Waals surface area (Å²) in [5.74, 6) is -1.34. The first-order valence-electron chi connectivity index (χ1n) is 9.82. The van der Waals surface area contributed by atoms with Crippen molar-refractivity contribution in [2.24, 2.45) is 0 Å². The monoisotopic (exact) mass is 417 g/mol. The Balaban J connectivity index is 1.92. The molecule has 2 aromatic carbocycles. The topological polar surface area (TPSA) is 57.6 Å². The van der Waals surface area contributed by atoms with Gasteiger partial charge in [0.05, 0.1) is 18.2 Å². The van der Waals surface area contributed by atoms with Crippen molar-refractivity contribution in [3.05, 3.63) is 98.2 Å². The highest BCUT2D eigenvalue weighted by Crippen LogP contribution is 2.41. The molecule has 152 valence electrons. The van der Waals surface area contributed by atoms with Crippen LogP contribution in [0.15, 0.2) is 65.6 Å². The van der Waals surface area contributed by atoms with E-state index in [1.807, 2.05) is 80.7 Å². The van der Waals surface area contributed by atoms with Gasteiger partial charge in [0.25, 0.3) is 11.7 Å². The van der Waals surface area contributed by atoms with Crippen molar-refractivity contribution in [3.63, 3.8) is 0 Å². The van der Waals surface area contributed by atoms with E-state index in [0.717, 1.165) is 27.1 Å². The Morgan fingerprint density at radius 2 is 1.77 bits per heavy atom. The number of ketones is 1. The van der Waals surface area contributed by atoms with E-state index in [-0.39, 0.29) is 11.3 Å². The number of thiophene rings is 1. The van der Waals surface area contributed by atoms with Crippen LogP contribution in [-0.2, 0) is 16.1 Å². The van der Waals surface area contributed by atoms with Crippen LogP contribution in [0.5, 0.6) is 0 Å². The van der Waals surface area contributed by atoms with Crippen LogP contribution in [0.3, 0.4) is 0 Å². The second-order valence-electron chi connectivity index (χ2n) is 7.74. The maximum atomic E-state index is 13.1. The van der Waals surface area contributed by atoms with E-state index >= 15 is 0 Å². The predicted octanol–water partition coefficient (Wildman–Crippen LogP) is 5.30. The number of carbonyl (C=O) groups excluding carboxylic acids is 2. The van der Waals surface area contributed by atoms with Crippen LogP contribution in [0.4, 0.5) is 0 Å². The molecule has 1 unspecified atom stereocenters. The van der Waals surface area contributed by atoms with Crippen molar-refractivity contribution >= 4 is 28.8 Å². The van der Waals surface area contributed by atoms with Crippen molar-refractivity contribution < 1.29 is 14.7 Å². The predicted molar refractivity (Wildman–Crippen MR) is 119 cm³/mol. The van der Waals surface area contributed by atoms with Crippen molar-refractivity contribution in [2.45, 2.75) is 33.4 Å². The minimum Gasteiger partial charge on any atom is -0.507 e. The Morgan fingerprint density at radius 1 is 1.00 bits per heavy atom. The fourth-order valence-electron chi connectivity index (χ4n) is 3.94. The molecule has 1 aliphatic rings. The number of aliphatic hydroxyl groups is 1. The molecule has 0 aliphatic carbocycles. The third-order valence-corrected chi connectivity index (χ3v) is 6.31. The Hall–Kier alpha value is -3.18. The first-order chi connectivity index (χ1) is 14.4. The minimum absolute atomic E-state index is 0.116. The molecule has 0 saturated carbocycles. The number of rotatable bonds is 4. The van der Waals surface area contributed by atoms with Gasteiger partial charge in [-0.05, 0) is 49.4 Å². The summed E-state index contributed by atoms with van der Waals surface area (Å²) in [4.78, 5) is 28.7. The Kier molecular flexibility index (Phi) is 5.31. The molecular weight excluding hydrogens is 394 g/mol. The molecule has 0 radical (unpaired) electrons. The van der Waals surface area contributed by atoms with Gasteiger partial charge in [0.2, 0.25) is 0 Å². The normalized spacial score (nSPS) is 18.2. The van der Waals surface area contributed by atoms with Crippen LogP contribution in [-0.4, -0.2) is 21.7 Å². The number of aliphatic hydroxyl groups excluding tert-OH is 1. The van der Waals surface area contributed by atoms with Crippen molar-refractivity contribution in [1.29, 1.82) is 0 Å². The standard InChI is InChI=1S/C25H23NO3S/c1-15-6-4-7-18(12-15)22-21(23(27)20-13-16(2)9-10-17(20)3)24(28)25(29)26(22)14-19-8-5-11-30-19/h4-13,22,27H,14H2,1-3H3/b23-21+. The lowest BCUT2D eigenvalue weighted by atomic mass is 9.92. The average molecular weight is 418 g/mol. The van der Waals surface area contributed by atoms with Gasteiger partial charge in [-0.1, -0.05) is 53.6 Å². The lowest BCUT2D eigenvalue weighted by Gasteiger charge is -2.25. The summed E-state index contributed by atoms with van der Waals surface area (Å²) in [5.41, 5.74) is 4.41. The van der Waals surface area contributed by atoms with Crippen LogP contribution in [0, 0.1) is 20.8 Å². The average Bonchev–Trinajstić information content (AvgIpc) is 3.32. The van der Waals surface area contributed by atoms with Crippen molar-refractivity contribution in [1.82, 2.24) is 4.90 Å². The SMILES string of the molecule is Cc1cccc(C2/C(=C(\O)c3cc(C)ccc3C)C(=O)C(=O)N2Cc2cccs2)c1. The Bertz CT molecular complexity index is 1160. The van der Waals surface area contributed by atoms with Gasteiger partial charge in [-0.25, -0.2) is 0 Å². The zero-order chi connectivity index (χ0) is 21.4. The van der Waals surface area contributed by atoms with Gasteiger partial charge in [-0.3, -0.25) is 9.59 Å². The summed E-state index contributed by atoms with van der Waals surface area (Å²) >= 11 is 1.54. The zero-order valence-corrected chi connectivity index (χ0v) is 18.0.